The van der Waals surface area contributed by atoms with Crippen LogP contribution in [0.4, 0.5) is 14.5 Å². The molecule has 2 heterocycles. The van der Waals surface area contributed by atoms with Gasteiger partial charge in [0.1, 0.15) is 34.8 Å². The first kappa shape index (κ1) is 20.1. The van der Waals surface area contributed by atoms with Crippen molar-refractivity contribution in [1.82, 2.24) is 25.6 Å². The zero-order valence-corrected chi connectivity index (χ0v) is 16.0. The summed E-state index contributed by atoms with van der Waals surface area (Å²) in [7, 11) is 0. The van der Waals surface area contributed by atoms with Crippen molar-refractivity contribution in [3.63, 3.8) is 0 Å². The highest BCUT2D eigenvalue weighted by molar-refractivity contribution is 7.79. The summed E-state index contributed by atoms with van der Waals surface area (Å²) in [5, 5.41) is 21.3. The summed E-state index contributed by atoms with van der Waals surface area (Å²) in [6.07, 6.45) is 1.44. The quantitative estimate of drug-likeness (QED) is 0.614. The number of nitrogens with zero attached hydrogens (tertiary/aromatic N) is 4. The molecule has 3 rings (SSSR count). The lowest BCUT2D eigenvalue weighted by Crippen LogP contribution is -2.48. The summed E-state index contributed by atoms with van der Waals surface area (Å²) in [4.78, 5) is 14.8. The number of aromatic nitrogens is 3. The number of halogens is 2. The first-order chi connectivity index (χ1) is 13.3. The van der Waals surface area contributed by atoms with Crippen LogP contribution in [0.15, 0.2) is 18.3 Å². The van der Waals surface area contributed by atoms with Crippen molar-refractivity contribution in [1.29, 1.82) is 0 Å². The first-order valence-corrected chi connectivity index (χ1v) is 9.07. The molecule has 150 valence electrons. The molecule has 0 radical (unpaired) electrons. The highest BCUT2D eigenvalue weighted by Gasteiger charge is 2.26. The number of hydrogen-bond donors (Lipinski definition) is 3. The molecule has 1 aromatic carbocycles. The maximum absolute atomic E-state index is 14.8. The smallest absolute Gasteiger partial charge is 0.254 e. The number of ketones is 1. The third kappa shape index (κ3) is 4.60. The molecule has 28 heavy (non-hydrogen) atoms. The summed E-state index contributed by atoms with van der Waals surface area (Å²) in [6, 6.07) is 1.51. The minimum Gasteiger partial charge on any atom is -0.487 e. The molecule has 1 unspecified atom stereocenters. The topological polar surface area (TPSA) is 97.4 Å². The number of nitrogens with one attached hydrogen (secondary N) is 2. The SMILES string of the molecule is CC(=O)CN1CCN(c2c(F)cc(C(NC(O)=S)c3c[nH]nn3)cc2F)CC1. The summed E-state index contributed by atoms with van der Waals surface area (Å²) in [6.45, 7) is 3.76. The van der Waals surface area contributed by atoms with E-state index in [0.717, 1.165) is 0 Å². The number of aromatic amines is 1. The summed E-state index contributed by atoms with van der Waals surface area (Å²) in [5.74, 6) is -1.40. The van der Waals surface area contributed by atoms with Gasteiger partial charge in [-0.05, 0) is 36.8 Å². The molecule has 1 atom stereocenters. The van der Waals surface area contributed by atoms with E-state index in [4.69, 9.17) is 0 Å². The molecule has 3 N–H and O–H groups in total. The zero-order valence-electron chi connectivity index (χ0n) is 15.2. The predicted molar refractivity (Wildman–Crippen MR) is 102 cm³/mol. The predicted octanol–water partition coefficient (Wildman–Crippen LogP) is 1.32. The second-order valence-corrected chi connectivity index (χ2v) is 6.97. The monoisotopic (exact) mass is 410 g/mol. The van der Waals surface area contributed by atoms with Crippen LogP contribution in [-0.4, -0.2) is 69.1 Å². The van der Waals surface area contributed by atoms with Crippen LogP contribution in [0.5, 0.6) is 0 Å². The Kier molecular flexibility index (Phi) is 6.15. The largest absolute Gasteiger partial charge is 0.487 e. The molecule has 0 bridgehead atoms. The molecule has 1 saturated heterocycles. The fourth-order valence-corrected chi connectivity index (χ4v) is 3.42. The van der Waals surface area contributed by atoms with E-state index in [-0.39, 0.29) is 17.0 Å². The Morgan fingerprint density at radius 1 is 1.32 bits per heavy atom. The van der Waals surface area contributed by atoms with Crippen LogP contribution >= 0.6 is 12.2 Å². The van der Waals surface area contributed by atoms with Crippen molar-refractivity contribution in [2.75, 3.05) is 37.6 Å². The number of aliphatic hydroxyl groups excluding tert-OH is 1. The number of piperazine rings is 1. The van der Waals surface area contributed by atoms with Gasteiger partial charge in [0.15, 0.2) is 0 Å². The number of rotatable bonds is 6. The van der Waals surface area contributed by atoms with Crippen molar-refractivity contribution in [3.8, 4) is 0 Å². The normalized spacial score (nSPS) is 16.0. The Morgan fingerprint density at radius 3 is 2.46 bits per heavy atom. The summed E-state index contributed by atoms with van der Waals surface area (Å²) < 4.78 is 29.7. The van der Waals surface area contributed by atoms with Crippen molar-refractivity contribution in [2.45, 2.75) is 13.0 Å². The molecule has 0 saturated carbocycles. The lowest BCUT2D eigenvalue weighted by atomic mass is 10.0. The number of thiocarbonyl (C=S) groups is 1. The van der Waals surface area contributed by atoms with Gasteiger partial charge in [0, 0.05) is 32.4 Å². The van der Waals surface area contributed by atoms with E-state index in [1.807, 2.05) is 4.90 Å². The minimum atomic E-state index is -0.860. The molecule has 1 aromatic heterocycles. The molecule has 1 aliphatic rings. The van der Waals surface area contributed by atoms with Gasteiger partial charge in [-0.2, -0.15) is 0 Å². The van der Waals surface area contributed by atoms with Crippen LogP contribution in [0.1, 0.15) is 24.2 Å². The fraction of sp³-hybridized carbons (Fsp3) is 0.412. The molecule has 0 spiro atoms. The highest BCUT2D eigenvalue weighted by atomic mass is 32.1. The van der Waals surface area contributed by atoms with E-state index in [1.165, 1.54) is 25.3 Å². The Bertz CT molecular complexity index is 832. The van der Waals surface area contributed by atoms with Gasteiger partial charge >= 0.3 is 0 Å². The first-order valence-electron chi connectivity index (χ1n) is 8.66. The van der Waals surface area contributed by atoms with E-state index < -0.39 is 22.9 Å². The second-order valence-electron chi connectivity index (χ2n) is 6.58. The van der Waals surface area contributed by atoms with Gasteiger partial charge < -0.3 is 15.3 Å². The van der Waals surface area contributed by atoms with Crippen molar-refractivity contribution in [3.05, 3.63) is 41.2 Å². The number of carbonyl (C=O) groups excluding carboxylic acids is 1. The molecular weight excluding hydrogens is 390 g/mol. The van der Waals surface area contributed by atoms with E-state index in [2.05, 4.69) is 32.9 Å². The Balaban J connectivity index is 1.83. The molecule has 0 amide bonds. The average molecular weight is 410 g/mol. The van der Waals surface area contributed by atoms with Crippen molar-refractivity contribution >= 4 is 28.9 Å². The number of aliphatic hydroxyl groups is 1. The highest BCUT2D eigenvalue weighted by Crippen LogP contribution is 2.30. The lowest BCUT2D eigenvalue weighted by Gasteiger charge is -2.36. The van der Waals surface area contributed by atoms with E-state index in [9.17, 15) is 18.7 Å². The van der Waals surface area contributed by atoms with Crippen LogP contribution in [0.25, 0.3) is 0 Å². The van der Waals surface area contributed by atoms with Gasteiger partial charge in [0.2, 0.25) is 0 Å². The van der Waals surface area contributed by atoms with Crippen LogP contribution in [-0.2, 0) is 4.79 Å². The number of anilines is 1. The maximum atomic E-state index is 14.8. The third-order valence-corrected chi connectivity index (χ3v) is 4.62. The fourth-order valence-electron chi connectivity index (χ4n) is 3.30. The number of carbonyl (C=O) groups is 1. The zero-order chi connectivity index (χ0) is 20.3. The van der Waals surface area contributed by atoms with Crippen molar-refractivity contribution in [2.24, 2.45) is 0 Å². The molecule has 8 nitrogen and oxygen atoms in total. The van der Waals surface area contributed by atoms with E-state index in [0.29, 0.717) is 38.4 Å². The second kappa shape index (κ2) is 8.57. The Hall–Kier alpha value is -2.66. The van der Waals surface area contributed by atoms with Gasteiger partial charge in [-0.25, -0.2) is 8.78 Å². The van der Waals surface area contributed by atoms with Crippen LogP contribution < -0.4 is 10.2 Å². The standard InChI is InChI=1S/C17H20F2N6O2S/c1-10(26)9-24-2-4-25(5-3-24)16-12(18)6-11(7-13(16)19)15(21-17(27)28)14-8-20-23-22-14/h6-8,15H,2-5,9H2,1H3,(H,20,22,23)(H2,21,27,28). The van der Waals surface area contributed by atoms with Crippen molar-refractivity contribution < 1.29 is 18.7 Å². The van der Waals surface area contributed by atoms with Crippen LogP contribution in [0.2, 0.25) is 0 Å². The number of H-pyrrole nitrogens is 1. The molecule has 2 aromatic rings. The summed E-state index contributed by atoms with van der Waals surface area (Å²) in [5.41, 5.74) is 0.414. The molecule has 1 fully saturated rings. The number of benzene rings is 1. The summed E-state index contributed by atoms with van der Waals surface area (Å²) >= 11 is 4.64. The van der Waals surface area contributed by atoms with Gasteiger partial charge in [-0.15, -0.1) is 5.10 Å². The molecule has 11 heteroatoms. The minimum absolute atomic E-state index is 0.0587. The Labute approximate surface area is 165 Å². The van der Waals surface area contributed by atoms with E-state index >= 15 is 0 Å². The molecule has 1 aliphatic heterocycles. The molecular formula is C17H20F2N6O2S. The van der Waals surface area contributed by atoms with Crippen LogP contribution in [0, 0.1) is 11.6 Å². The third-order valence-electron chi connectivity index (χ3n) is 4.51. The Morgan fingerprint density at radius 2 is 1.96 bits per heavy atom. The van der Waals surface area contributed by atoms with Gasteiger partial charge in [0.05, 0.1) is 6.54 Å². The molecule has 0 aliphatic carbocycles. The number of Topliss-reactive ketones (excluding diaryl/α,β-unsaturated/α-hetero) is 1. The van der Waals surface area contributed by atoms with E-state index in [1.54, 1.807) is 4.90 Å². The lowest BCUT2D eigenvalue weighted by molar-refractivity contribution is -0.118. The van der Waals surface area contributed by atoms with Gasteiger partial charge in [-0.1, -0.05) is 5.21 Å². The van der Waals surface area contributed by atoms with Gasteiger partial charge in [0.25, 0.3) is 5.17 Å². The average Bonchev–Trinajstić information content (AvgIpc) is 3.14. The van der Waals surface area contributed by atoms with Gasteiger partial charge in [-0.3, -0.25) is 14.8 Å². The number of hydrogen-bond acceptors (Lipinski definition) is 6. The maximum Gasteiger partial charge on any atom is 0.254 e. The van der Waals surface area contributed by atoms with Crippen LogP contribution in [0.3, 0.4) is 0 Å².